The molecule has 2 aromatic rings. The second kappa shape index (κ2) is 7.28. The molecular weight excluding hydrogens is 314 g/mol. The minimum absolute atomic E-state index is 0.0291. The van der Waals surface area contributed by atoms with E-state index >= 15 is 0 Å². The summed E-state index contributed by atoms with van der Waals surface area (Å²) in [6.07, 6.45) is 1.18. The number of sulfone groups is 1. The van der Waals surface area contributed by atoms with Crippen LogP contribution in [0.25, 0.3) is 0 Å². The van der Waals surface area contributed by atoms with Gasteiger partial charge >= 0.3 is 0 Å². The van der Waals surface area contributed by atoms with Crippen molar-refractivity contribution in [1.82, 2.24) is 5.32 Å². The molecule has 5 nitrogen and oxygen atoms in total. The van der Waals surface area contributed by atoms with E-state index in [0.717, 1.165) is 11.3 Å². The molecule has 6 heteroatoms. The van der Waals surface area contributed by atoms with Gasteiger partial charge in [0.15, 0.2) is 9.84 Å². The predicted octanol–water partition coefficient (Wildman–Crippen LogP) is 2.17. The van der Waals surface area contributed by atoms with Gasteiger partial charge in [-0.05, 0) is 35.4 Å². The summed E-state index contributed by atoms with van der Waals surface area (Å²) in [7, 11) is -1.48. The monoisotopic (exact) mass is 333 g/mol. The fourth-order valence-corrected chi connectivity index (χ4v) is 2.92. The van der Waals surface area contributed by atoms with Gasteiger partial charge in [-0.2, -0.15) is 0 Å². The lowest BCUT2D eigenvalue weighted by atomic mass is 10.1. The molecule has 0 saturated heterocycles. The van der Waals surface area contributed by atoms with Crippen LogP contribution >= 0.6 is 0 Å². The first-order valence-electron chi connectivity index (χ1n) is 7.05. The third-order valence-electron chi connectivity index (χ3n) is 3.23. The SMILES string of the molecule is COc1cccc(CNC(=O)c2ccc(CS(C)(=O)=O)cc2)c1. The largest absolute Gasteiger partial charge is 0.497 e. The van der Waals surface area contributed by atoms with Crippen molar-refractivity contribution in [1.29, 1.82) is 0 Å². The number of carbonyl (C=O) groups is 1. The van der Waals surface area contributed by atoms with Crippen molar-refractivity contribution >= 4 is 15.7 Å². The van der Waals surface area contributed by atoms with E-state index in [2.05, 4.69) is 5.32 Å². The zero-order valence-corrected chi connectivity index (χ0v) is 13.9. The molecule has 0 radical (unpaired) electrons. The molecule has 0 atom stereocenters. The van der Waals surface area contributed by atoms with E-state index in [4.69, 9.17) is 4.74 Å². The van der Waals surface area contributed by atoms with Crippen molar-refractivity contribution in [3.05, 3.63) is 65.2 Å². The van der Waals surface area contributed by atoms with Crippen LogP contribution in [0.3, 0.4) is 0 Å². The molecule has 0 spiro atoms. The molecule has 0 aliphatic heterocycles. The third-order valence-corrected chi connectivity index (χ3v) is 4.09. The average Bonchev–Trinajstić information content (AvgIpc) is 2.52. The maximum atomic E-state index is 12.1. The van der Waals surface area contributed by atoms with Gasteiger partial charge in [0.05, 0.1) is 12.9 Å². The van der Waals surface area contributed by atoms with Crippen molar-refractivity contribution in [3.63, 3.8) is 0 Å². The minimum atomic E-state index is -3.08. The molecule has 0 unspecified atom stereocenters. The van der Waals surface area contributed by atoms with E-state index in [1.54, 1.807) is 31.4 Å². The lowest BCUT2D eigenvalue weighted by molar-refractivity contribution is 0.0951. The smallest absolute Gasteiger partial charge is 0.251 e. The van der Waals surface area contributed by atoms with Gasteiger partial charge < -0.3 is 10.1 Å². The standard InChI is InChI=1S/C17H19NO4S/c1-22-16-5-3-4-14(10-16)11-18-17(19)15-8-6-13(7-9-15)12-23(2,20)21/h3-10H,11-12H2,1-2H3,(H,18,19). The summed E-state index contributed by atoms with van der Waals surface area (Å²) in [5, 5.41) is 2.82. The Morgan fingerprint density at radius 3 is 2.39 bits per heavy atom. The Morgan fingerprint density at radius 1 is 1.09 bits per heavy atom. The van der Waals surface area contributed by atoms with E-state index in [0.29, 0.717) is 17.7 Å². The Morgan fingerprint density at radius 2 is 1.78 bits per heavy atom. The van der Waals surface area contributed by atoms with Gasteiger partial charge in [0.25, 0.3) is 5.91 Å². The van der Waals surface area contributed by atoms with E-state index in [1.165, 1.54) is 6.26 Å². The van der Waals surface area contributed by atoms with Crippen LogP contribution in [0.1, 0.15) is 21.5 Å². The molecule has 0 saturated carbocycles. The number of rotatable bonds is 6. The lowest BCUT2D eigenvalue weighted by Gasteiger charge is -2.07. The molecule has 0 aromatic heterocycles. The maximum Gasteiger partial charge on any atom is 0.251 e. The Hall–Kier alpha value is -2.34. The summed E-state index contributed by atoms with van der Waals surface area (Å²) in [6, 6.07) is 14.0. The van der Waals surface area contributed by atoms with E-state index < -0.39 is 9.84 Å². The lowest BCUT2D eigenvalue weighted by Crippen LogP contribution is -2.22. The van der Waals surface area contributed by atoms with Crippen LogP contribution in [0.15, 0.2) is 48.5 Å². The minimum Gasteiger partial charge on any atom is -0.497 e. The number of carbonyl (C=O) groups excluding carboxylic acids is 1. The highest BCUT2D eigenvalue weighted by atomic mass is 32.2. The van der Waals surface area contributed by atoms with Gasteiger partial charge in [-0.3, -0.25) is 4.79 Å². The summed E-state index contributed by atoms with van der Waals surface area (Å²) in [6.45, 7) is 0.390. The number of nitrogens with one attached hydrogen (secondary N) is 1. The van der Waals surface area contributed by atoms with Gasteiger partial charge in [-0.15, -0.1) is 0 Å². The van der Waals surface area contributed by atoms with Gasteiger partial charge in [0.2, 0.25) is 0 Å². The second-order valence-corrected chi connectivity index (χ2v) is 7.44. The van der Waals surface area contributed by atoms with Crippen LogP contribution in [0.5, 0.6) is 5.75 Å². The van der Waals surface area contributed by atoms with Gasteiger partial charge in [0, 0.05) is 18.4 Å². The first-order chi connectivity index (χ1) is 10.9. The quantitative estimate of drug-likeness (QED) is 0.879. The Bertz CT molecular complexity index is 782. The molecule has 122 valence electrons. The normalized spacial score (nSPS) is 11.0. The number of benzene rings is 2. The molecule has 2 rings (SSSR count). The molecule has 0 heterocycles. The summed E-state index contributed by atoms with van der Waals surface area (Å²) >= 11 is 0. The maximum absolute atomic E-state index is 12.1. The van der Waals surface area contributed by atoms with Crippen LogP contribution < -0.4 is 10.1 Å². The zero-order valence-electron chi connectivity index (χ0n) is 13.1. The van der Waals surface area contributed by atoms with Crippen molar-refractivity contribution in [2.75, 3.05) is 13.4 Å². The first kappa shape index (κ1) is 17.0. The molecule has 2 aromatic carbocycles. The summed E-state index contributed by atoms with van der Waals surface area (Å²) < 4.78 is 27.6. The molecule has 23 heavy (non-hydrogen) atoms. The van der Waals surface area contributed by atoms with E-state index in [-0.39, 0.29) is 11.7 Å². The van der Waals surface area contributed by atoms with Crippen molar-refractivity contribution in [2.45, 2.75) is 12.3 Å². The van der Waals surface area contributed by atoms with Crippen molar-refractivity contribution in [3.8, 4) is 5.75 Å². The highest BCUT2D eigenvalue weighted by molar-refractivity contribution is 7.89. The molecular formula is C17H19NO4S. The molecule has 0 bridgehead atoms. The topological polar surface area (TPSA) is 72.5 Å². The molecule has 1 amide bonds. The first-order valence-corrected chi connectivity index (χ1v) is 9.11. The Balaban J connectivity index is 1.97. The molecule has 0 aliphatic rings. The zero-order chi connectivity index (χ0) is 16.9. The van der Waals surface area contributed by atoms with Crippen LogP contribution in [0, 0.1) is 0 Å². The van der Waals surface area contributed by atoms with Crippen LogP contribution in [0.4, 0.5) is 0 Å². The predicted molar refractivity (Wildman–Crippen MR) is 89.2 cm³/mol. The van der Waals surface area contributed by atoms with Gasteiger partial charge in [-0.25, -0.2) is 8.42 Å². The van der Waals surface area contributed by atoms with Gasteiger partial charge in [0.1, 0.15) is 5.75 Å². The summed E-state index contributed by atoms with van der Waals surface area (Å²) in [4.78, 5) is 12.1. The van der Waals surface area contributed by atoms with Crippen LogP contribution in [0.2, 0.25) is 0 Å². The summed E-state index contributed by atoms with van der Waals surface area (Å²) in [5.74, 6) is 0.499. The van der Waals surface area contributed by atoms with E-state index in [9.17, 15) is 13.2 Å². The highest BCUT2D eigenvalue weighted by Gasteiger charge is 2.08. The second-order valence-electron chi connectivity index (χ2n) is 5.30. The number of methoxy groups -OCH3 is 1. The third kappa shape index (κ3) is 5.41. The van der Waals surface area contributed by atoms with Crippen molar-refractivity contribution in [2.24, 2.45) is 0 Å². The highest BCUT2D eigenvalue weighted by Crippen LogP contribution is 2.13. The van der Waals surface area contributed by atoms with E-state index in [1.807, 2.05) is 24.3 Å². The Labute approximate surface area is 136 Å². The number of ether oxygens (including phenoxy) is 1. The van der Waals surface area contributed by atoms with Gasteiger partial charge in [-0.1, -0.05) is 24.3 Å². The number of amides is 1. The number of hydrogen-bond donors (Lipinski definition) is 1. The van der Waals surface area contributed by atoms with Crippen molar-refractivity contribution < 1.29 is 17.9 Å². The Kier molecular flexibility index (Phi) is 5.39. The molecule has 0 fully saturated rings. The van der Waals surface area contributed by atoms with Crippen LogP contribution in [-0.4, -0.2) is 27.7 Å². The average molecular weight is 333 g/mol. The fourth-order valence-electron chi connectivity index (χ4n) is 2.12. The molecule has 0 aliphatic carbocycles. The number of hydrogen-bond acceptors (Lipinski definition) is 4. The molecule has 1 N–H and O–H groups in total. The summed E-state index contributed by atoms with van der Waals surface area (Å²) in [5.41, 5.74) is 2.09. The van der Waals surface area contributed by atoms with Crippen LogP contribution in [-0.2, 0) is 22.1 Å². The fraction of sp³-hybridized carbons (Fsp3) is 0.235.